The van der Waals surface area contributed by atoms with E-state index in [0.717, 1.165) is 42.1 Å². The number of amides is 3. The Hall–Kier alpha value is -5.93. The molecule has 61 heavy (non-hydrogen) atoms. The van der Waals surface area contributed by atoms with E-state index < -0.39 is 36.4 Å². The van der Waals surface area contributed by atoms with E-state index in [0.29, 0.717) is 55.4 Å². The minimum atomic E-state index is -5.08. The second-order valence-electron chi connectivity index (χ2n) is 15.0. The summed E-state index contributed by atoms with van der Waals surface area (Å²) in [6, 6.07) is 14.5. The fourth-order valence-electron chi connectivity index (χ4n) is 7.70. The van der Waals surface area contributed by atoms with Crippen LogP contribution in [0.25, 0.3) is 11.2 Å². The Bertz CT molecular complexity index is 2070. The molecule has 4 heterocycles. The lowest BCUT2D eigenvalue weighted by atomic mass is 9.91. The zero-order chi connectivity index (χ0) is 43.8. The van der Waals surface area contributed by atoms with E-state index in [9.17, 15) is 33.0 Å². The number of hydrogen-bond donors (Lipinski definition) is 8. The molecule has 2 aliphatic heterocycles. The molecule has 330 valence electrons. The summed E-state index contributed by atoms with van der Waals surface area (Å²) in [6.45, 7) is 4.97. The predicted molar refractivity (Wildman–Crippen MR) is 217 cm³/mol. The number of alkyl halides is 3. The number of methoxy groups -OCH3 is 2. The van der Waals surface area contributed by atoms with Crippen LogP contribution in [0.15, 0.2) is 54.9 Å². The number of halogens is 3. The maximum atomic E-state index is 12.8. The first-order valence-electron chi connectivity index (χ1n) is 19.9. The van der Waals surface area contributed by atoms with Crippen molar-refractivity contribution < 1.29 is 52.3 Å². The maximum Gasteiger partial charge on any atom is 0.490 e. The Balaban J connectivity index is 0.000000819. The molecule has 0 spiro atoms. The van der Waals surface area contributed by atoms with Crippen LogP contribution in [0.2, 0.25) is 0 Å². The van der Waals surface area contributed by atoms with E-state index in [-0.39, 0.29) is 36.4 Å². The molecule has 1 saturated carbocycles. The topological polar surface area (TPSA) is 237 Å². The summed E-state index contributed by atoms with van der Waals surface area (Å²) in [6.07, 6.45) is -3.63. The summed E-state index contributed by atoms with van der Waals surface area (Å²) in [4.78, 5) is 50.7. The molecule has 0 bridgehead atoms. The van der Waals surface area contributed by atoms with Crippen molar-refractivity contribution in [2.45, 2.75) is 81.1 Å². The SMILES string of the molecule is CCC(=O)N[C@H]1C[C@@H](n2cnc3c(NCC(c4ccc(OC)cc4)c4ccc(OC)cc4)nc(N4CC[C@@H](NC(=O)N[C@@H]5CCNC5)C4)nc32)[C@H](O)[C@@H]1O.O=C(O)C(F)(F)F. The van der Waals surface area contributed by atoms with Crippen molar-refractivity contribution in [3.63, 3.8) is 0 Å². The van der Waals surface area contributed by atoms with Crippen LogP contribution in [0.3, 0.4) is 0 Å². The normalized spacial score (nSPS) is 22.4. The lowest BCUT2D eigenvalue weighted by Crippen LogP contribution is -2.47. The van der Waals surface area contributed by atoms with Crippen LogP contribution in [-0.4, -0.2) is 136 Å². The van der Waals surface area contributed by atoms with E-state index in [4.69, 9.17) is 34.3 Å². The van der Waals surface area contributed by atoms with Gasteiger partial charge in [0.15, 0.2) is 17.0 Å². The lowest BCUT2D eigenvalue weighted by molar-refractivity contribution is -0.192. The maximum absolute atomic E-state index is 12.8. The third-order valence-corrected chi connectivity index (χ3v) is 11.0. The molecule has 6 atom stereocenters. The zero-order valence-corrected chi connectivity index (χ0v) is 33.9. The number of nitrogens with one attached hydrogen (secondary N) is 5. The highest BCUT2D eigenvalue weighted by atomic mass is 19.4. The van der Waals surface area contributed by atoms with Gasteiger partial charge >= 0.3 is 18.2 Å². The number of carbonyl (C=O) groups is 3. The number of ether oxygens (including phenoxy) is 2. The van der Waals surface area contributed by atoms with Crippen LogP contribution in [-0.2, 0) is 9.59 Å². The van der Waals surface area contributed by atoms with Crippen LogP contribution in [0.5, 0.6) is 11.5 Å². The summed E-state index contributed by atoms with van der Waals surface area (Å²) in [5, 5.41) is 45.2. The number of urea groups is 1. The summed E-state index contributed by atoms with van der Waals surface area (Å²) in [5.41, 5.74) is 3.11. The predicted octanol–water partition coefficient (Wildman–Crippen LogP) is 2.52. The van der Waals surface area contributed by atoms with Gasteiger partial charge in [0.1, 0.15) is 23.7 Å². The molecule has 1 aliphatic carbocycles. The number of nitrogens with zero attached hydrogens (tertiary/aromatic N) is 5. The van der Waals surface area contributed by atoms with Crippen molar-refractivity contribution >= 4 is 40.8 Å². The Morgan fingerprint density at radius 2 is 1.54 bits per heavy atom. The molecule has 3 amide bonds. The molecular formula is C40H51F3N10O8. The Morgan fingerprint density at radius 3 is 2.10 bits per heavy atom. The summed E-state index contributed by atoms with van der Waals surface area (Å²) < 4.78 is 44.4. The smallest absolute Gasteiger partial charge is 0.490 e. The van der Waals surface area contributed by atoms with Crippen LogP contribution in [0, 0.1) is 0 Å². The van der Waals surface area contributed by atoms with Gasteiger partial charge in [-0.2, -0.15) is 23.1 Å². The van der Waals surface area contributed by atoms with Gasteiger partial charge in [-0.05, 0) is 61.2 Å². The summed E-state index contributed by atoms with van der Waals surface area (Å²) in [7, 11) is 3.28. The average Bonchev–Trinajstić information content (AvgIpc) is 4.07. The van der Waals surface area contributed by atoms with E-state index in [1.807, 2.05) is 53.4 Å². The first-order chi connectivity index (χ1) is 29.2. The fraction of sp³-hybridized carbons (Fsp3) is 0.500. The number of carboxylic acid groups (broad SMARTS) is 1. The lowest BCUT2D eigenvalue weighted by Gasteiger charge is -2.22. The molecule has 3 fully saturated rings. The highest BCUT2D eigenvalue weighted by molar-refractivity contribution is 5.85. The Morgan fingerprint density at radius 1 is 0.918 bits per heavy atom. The van der Waals surface area contributed by atoms with Crippen molar-refractivity contribution in [2.24, 2.45) is 0 Å². The number of aromatic nitrogens is 4. The molecule has 8 N–H and O–H groups in total. The summed E-state index contributed by atoms with van der Waals surface area (Å²) >= 11 is 0. The van der Waals surface area contributed by atoms with Crippen molar-refractivity contribution in [3.05, 3.63) is 66.0 Å². The number of fused-ring (bicyclic) bond motifs is 1. The third-order valence-electron chi connectivity index (χ3n) is 11.0. The molecule has 21 heteroatoms. The van der Waals surface area contributed by atoms with Gasteiger partial charge in [-0.3, -0.25) is 4.79 Å². The molecule has 3 aliphatic rings. The quantitative estimate of drug-likeness (QED) is 0.0966. The van der Waals surface area contributed by atoms with Gasteiger partial charge in [0.2, 0.25) is 11.9 Å². The number of aliphatic hydroxyl groups is 2. The number of anilines is 2. The standard InChI is InChI=1S/C38H50N10O6.C2HF3O2/c1-4-31(49)44-29-17-30(34(51)33(29)50)48-21-41-32-35(40-19-28(22-5-9-26(53-2)10-6-22)23-7-11-27(54-3)12-8-23)45-37(46-36(32)48)47-16-14-25(20-47)43-38(52)42-24-13-15-39-18-24;3-2(4,5)1(6)7/h5-12,21,24-25,28-30,33-34,39,50-51H,4,13-20H2,1-3H3,(H,44,49)(H,40,45,46)(H2,42,43,52);(H,6,7)/t24-,25-,29+,30-,33-,34+;/m1./s1. The van der Waals surface area contributed by atoms with E-state index >= 15 is 0 Å². The molecule has 4 aromatic rings. The van der Waals surface area contributed by atoms with Crippen molar-refractivity contribution in [1.82, 2.24) is 40.8 Å². The van der Waals surface area contributed by atoms with Gasteiger partial charge < -0.3 is 60.8 Å². The number of aliphatic carboxylic acids is 1. The molecule has 2 aromatic heterocycles. The Kier molecular flexibility index (Phi) is 14.4. The van der Waals surface area contributed by atoms with Gasteiger partial charge in [-0.15, -0.1) is 0 Å². The van der Waals surface area contributed by atoms with Gasteiger partial charge in [0, 0.05) is 50.6 Å². The number of carboxylic acids is 1. The number of imidazole rings is 1. The second-order valence-corrected chi connectivity index (χ2v) is 15.0. The van der Waals surface area contributed by atoms with Crippen molar-refractivity contribution in [2.75, 3.05) is 57.2 Å². The number of aliphatic hydroxyl groups excluding tert-OH is 2. The largest absolute Gasteiger partial charge is 0.497 e. The Labute approximate surface area is 349 Å². The zero-order valence-electron chi connectivity index (χ0n) is 33.9. The summed E-state index contributed by atoms with van der Waals surface area (Å²) in [5.74, 6) is -0.579. The van der Waals surface area contributed by atoms with Gasteiger partial charge in [-0.1, -0.05) is 31.2 Å². The van der Waals surface area contributed by atoms with E-state index in [1.165, 1.54) is 0 Å². The average molecular weight is 857 g/mol. The minimum Gasteiger partial charge on any atom is -0.497 e. The van der Waals surface area contributed by atoms with Crippen LogP contribution in [0.4, 0.5) is 29.7 Å². The number of carbonyl (C=O) groups excluding carboxylic acids is 2. The van der Waals surface area contributed by atoms with Crippen LogP contribution >= 0.6 is 0 Å². The van der Waals surface area contributed by atoms with E-state index in [2.05, 4.69) is 26.6 Å². The molecule has 0 unspecified atom stereocenters. The molecule has 2 aromatic carbocycles. The monoisotopic (exact) mass is 856 g/mol. The fourth-order valence-corrected chi connectivity index (χ4v) is 7.70. The first kappa shape index (κ1) is 44.6. The van der Waals surface area contributed by atoms with Crippen LogP contribution in [0.1, 0.15) is 55.7 Å². The van der Waals surface area contributed by atoms with Gasteiger partial charge in [0.25, 0.3) is 0 Å². The van der Waals surface area contributed by atoms with Crippen molar-refractivity contribution in [1.29, 1.82) is 0 Å². The molecule has 0 radical (unpaired) electrons. The van der Waals surface area contributed by atoms with Crippen LogP contribution < -0.4 is 41.0 Å². The van der Waals surface area contributed by atoms with Gasteiger partial charge in [0.05, 0.1) is 32.6 Å². The van der Waals surface area contributed by atoms with Gasteiger partial charge in [-0.25, -0.2) is 14.6 Å². The number of benzene rings is 2. The minimum absolute atomic E-state index is 0.0963. The second kappa shape index (κ2) is 19.6. The first-order valence-corrected chi connectivity index (χ1v) is 19.9. The molecule has 2 saturated heterocycles. The molecule has 18 nitrogen and oxygen atoms in total. The number of hydrogen-bond acceptors (Lipinski definition) is 13. The number of rotatable bonds is 13. The third kappa shape index (κ3) is 10.9. The molecular weight excluding hydrogens is 805 g/mol. The molecule has 7 rings (SSSR count). The highest BCUT2D eigenvalue weighted by Crippen LogP contribution is 2.36. The van der Waals surface area contributed by atoms with E-state index in [1.54, 1.807) is 32.0 Å². The highest BCUT2D eigenvalue weighted by Gasteiger charge is 2.44. The van der Waals surface area contributed by atoms with Crippen molar-refractivity contribution in [3.8, 4) is 11.5 Å².